The molecule has 1 N–H and O–H groups in total. The van der Waals surface area contributed by atoms with Crippen LogP contribution in [-0.2, 0) is 6.54 Å². The molecular formula is C10H13N3S2. The minimum atomic E-state index is 0.691. The third-order valence-electron chi connectivity index (χ3n) is 2.48. The Morgan fingerprint density at radius 1 is 1.47 bits per heavy atom. The van der Waals surface area contributed by atoms with Gasteiger partial charge < -0.3 is 0 Å². The summed E-state index contributed by atoms with van der Waals surface area (Å²) in [5, 5.41) is 6.89. The highest BCUT2D eigenvalue weighted by atomic mass is 32.1. The Morgan fingerprint density at radius 3 is 2.67 bits per heavy atom. The third-order valence-corrected chi connectivity index (χ3v) is 3.93. The number of aromatic nitrogens is 3. The predicted molar refractivity (Wildman–Crippen MR) is 65.0 cm³/mol. The number of thiophene rings is 1. The van der Waals surface area contributed by atoms with Crippen LogP contribution >= 0.6 is 23.6 Å². The van der Waals surface area contributed by atoms with E-state index in [0.29, 0.717) is 4.77 Å². The summed E-state index contributed by atoms with van der Waals surface area (Å²) in [5.41, 5.74) is 1.35. The highest BCUT2D eigenvalue weighted by Gasteiger charge is 2.05. The second kappa shape index (κ2) is 3.90. The molecule has 2 heterocycles. The van der Waals surface area contributed by atoms with Crippen molar-refractivity contribution in [2.75, 3.05) is 0 Å². The smallest absolute Gasteiger partial charge is 0.195 e. The molecule has 2 rings (SSSR count). The Labute approximate surface area is 97.8 Å². The Hall–Kier alpha value is -0.940. The van der Waals surface area contributed by atoms with Crippen LogP contribution in [0.4, 0.5) is 0 Å². The zero-order chi connectivity index (χ0) is 11.0. The van der Waals surface area contributed by atoms with Crippen LogP contribution in [0.15, 0.2) is 6.07 Å². The van der Waals surface area contributed by atoms with Gasteiger partial charge in [-0.15, -0.1) is 11.3 Å². The van der Waals surface area contributed by atoms with Gasteiger partial charge in [0.15, 0.2) is 4.77 Å². The molecule has 0 saturated heterocycles. The summed E-state index contributed by atoms with van der Waals surface area (Å²) in [6, 6.07) is 2.22. The zero-order valence-corrected chi connectivity index (χ0v) is 10.6. The summed E-state index contributed by atoms with van der Waals surface area (Å²) in [5.74, 6) is 0.934. The van der Waals surface area contributed by atoms with E-state index in [9.17, 15) is 0 Å². The number of rotatable bonds is 2. The van der Waals surface area contributed by atoms with E-state index < -0.39 is 0 Å². The van der Waals surface area contributed by atoms with E-state index in [0.717, 1.165) is 12.4 Å². The van der Waals surface area contributed by atoms with Gasteiger partial charge in [0.1, 0.15) is 5.82 Å². The molecule has 0 spiro atoms. The Bertz CT molecular complexity index is 514. The number of nitrogens with zero attached hydrogens (tertiary/aromatic N) is 2. The van der Waals surface area contributed by atoms with Gasteiger partial charge in [0.2, 0.25) is 0 Å². The zero-order valence-electron chi connectivity index (χ0n) is 9.00. The summed E-state index contributed by atoms with van der Waals surface area (Å²) < 4.78 is 2.70. The van der Waals surface area contributed by atoms with E-state index >= 15 is 0 Å². The molecule has 0 amide bonds. The van der Waals surface area contributed by atoms with E-state index in [1.54, 1.807) is 0 Å². The van der Waals surface area contributed by atoms with Crippen LogP contribution in [0, 0.1) is 25.5 Å². The van der Waals surface area contributed by atoms with E-state index in [-0.39, 0.29) is 0 Å². The third kappa shape index (κ3) is 2.03. The van der Waals surface area contributed by atoms with Crippen LogP contribution in [0.5, 0.6) is 0 Å². The molecule has 2 aromatic rings. The molecule has 0 aromatic carbocycles. The second-order valence-electron chi connectivity index (χ2n) is 3.61. The minimum absolute atomic E-state index is 0.691. The maximum absolute atomic E-state index is 5.16. The normalized spacial score (nSPS) is 10.9. The lowest BCUT2D eigenvalue weighted by Gasteiger charge is -2.00. The first-order valence-corrected chi connectivity index (χ1v) is 5.98. The summed E-state index contributed by atoms with van der Waals surface area (Å²) in [6.07, 6.45) is 0. The Morgan fingerprint density at radius 2 is 2.20 bits per heavy atom. The van der Waals surface area contributed by atoms with Gasteiger partial charge in [0.25, 0.3) is 0 Å². The molecule has 0 aliphatic rings. The highest BCUT2D eigenvalue weighted by Crippen LogP contribution is 2.21. The first-order valence-electron chi connectivity index (χ1n) is 4.75. The summed E-state index contributed by atoms with van der Waals surface area (Å²) in [6.45, 7) is 7.06. The SMILES string of the molecule is Cc1cc(Cn2c(C)n[nH]c2=S)sc1C. The maximum Gasteiger partial charge on any atom is 0.195 e. The lowest BCUT2D eigenvalue weighted by atomic mass is 10.3. The largest absolute Gasteiger partial charge is 0.299 e. The summed E-state index contributed by atoms with van der Waals surface area (Å²) >= 11 is 6.98. The van der Waals surface area contributed by atoms with Crippen molar-refractivity contribution in [3.05, 3.63) is 32.0 Å². The van der Waals surface area contributed by atoms with Crippen LogP contribution in [0.2, 0.25) is 0 Å². The molecule has 80 valence electrons. The lowest BCUT2D eigenvalue weighted by Crippen LogP contribution is -2.00. The van der Waals surface area contributed by atoms with E-state index in [1.807, 2.05) is 22.8 Å². The van der Waals surface area contributed by atoms with Gasteiger partial charge in [-0.3, -0.25) is 9.67 Å². The van der Waals surface area contributed by atoms with Crippen LogP contribution in [0.3, 0.4) is 0 Å². The van der Waals surface area contributed by atoms with Crippen molar-refractivity contribution >= 4 is 23.6 Å². The number of H-pyrrole nitrogens is 1. The van der Waals surface area contributed by atoms with Gasteiger partial charge in [-0.25, -0.2) is 0 Å². The first kappa shape index (κ1) is 10.6. The fourth-order valence-electron chi connectivity index (χ4n) is 1.47. The molecule has 0 atom stereocenters. The highest BCUT2D eigenvalue weighted by molar-refractivity contribution is 7.71. The van der Waals surface area contributed by atoms with Gasteiger partial charge in [0.05, 0.1) is 6.54 Å². The molecule has 0 saturated carbocycles. The van der Waals surface area contributed by atoms with Crippen LogP contribution in [0.1, 0.15) is 21.1 Å². The Kier molecular flexibility index (Phi) is 2.75. The van der Waals surface area contributed by atoms with Crippen molar-refractivity contribution in [2.45, 2.75) is 27.3 Å². The van der Waals surface area contributed by atoms with Gasteiger partial charge in [-0.2, -0.15) is 5.10 Å². The topological polar surface area (TPSA) is 33.6 Å². The summed E-state index contributed by atoms with van der Waals surface area (Å²) in [7, 11) is 0. The molecule has 0 aliphatic carbocycles. The van der Waals surface area contributed by atoms with Gasteiger partial charge >= 0.3 is 0 Å². The number of aromatic amines is 1. The fourth-order valence-corrected chi connectivity index (χ4v) is 2.75. The quantitative estimate of drug-likeness (QED) is 0.817. The van der Waals surface area contributed by atoms with E-state index in [4.69, 9.17) is 12.2 Å². The fraction of sp³-hybridized carbons (Fsp3) is 0.400. The average Bonchev–Trinajstić information content (AvgIpc) is 2.64. The number of aryl methyl sites for hydroxylation is 3. The molecule has 2 aromatic heterocycles. The van der Waals surface area contributed by atoms with Gasteiger partial charge in [0, 0.05) is 9.75 Å². The summed E-state index contributed by atoms with van der Waals surface area (Å²) in [4.78, 5) is 2.70. The van der Waals surface area contributed by atoms with Crippen LogP contribution < -0.4 is 0 Å². The van der Waals surface area contributed by atoms with Crippen molar-refractivity contribution in [1.82, 2.24) is 14.8 Å². The van der Waals surface area contributed by atoms with Crippen molar-refractivity contribution < 1.29 is 0 Å². The van der Waals surface area contributed by atoms with Crippen molar-refractivity contribution in [1.29, 1.82) is 0 Å². The molecule has 0 unspecified atom stereocenters. The molecule has 0 aliphatic heterocycles. The maximum atomic E-state index is 5.16. The molecule has 5 heteroatoms. The Balaban J connectivity index is 2.33. The van der Waals surface area contributed by atoms with Gasteiger partial charge in [-0.05, 0) is 44.6 Å². The minimum Gasteiger partial charge on any atom is -0.299 e. The van der Waals surface area contributed by atoms with Crippen molar-refractivity contribution in [3.63, 3.8) is 0 Å². The molecule has 0 fully saturated rings. The van der Waals surface area contributed by atoms with E-state index in [1.165, 1.54) is 15.3 Å². The van der Waals surface area contributed by atoms with E-state index in [2.05, 4.69) is 30.1 Å². The molecule has 15 heavy (non-hydrogen) atoms. The first-order chi connectivity index (χ1) is 7.08. The number of nitrogens with one attached hydrogen (secondary N) is 1. The predicted octanol–water partition coefficient (Wildman–Crippen LogP) is 2.98. The van der Waals surface area contributed by atoms with Gasteiger partial charge in [-0.1, -0.05) is 0 Å². The molecule has 0 bridgehead atoms. The lowest BCUT2D eigenvalue weighted by molar-refractivity contribution is 0.761. The van der Waals surface area contributed by atoms with Crippen LogP contribution in [0.25, 0.3) is 0 Å². The van der Waals surface area contributed by atoms with Crippen molar-refractivity contribution in [3.8, 4) is 0 Å². The molecule has 0 radical (unpaired) electrons. The standard InChI is InChI=1S/C10H13N3S2/c1-6-4-9(15-7(6)2)5-13-8(3)11-12-10(13)14/h4H,5H2,1-3H3,(H,12,14). The number of hydrogen-bond acceptors (Lipinski definition) is 3. The molecule has 3 nitrogen and oxygen atoms in total. The second-order valence-corrected chi connectivity index (χ2v) is 5.34. The van der Waals surface area contributed by atoms with Crippen LogP contribution in [-0.4, -0.2) is 14.8 Å². The monoisotopic (exact) mass is 239 g/mol. The average molecular weight is 239 g/mol. The molecular weight excluding hydrogens is 226 g/mol. The number of hydrogen-bond donors (Lipinski definition) is 1. The van der Waals surface area contributed by atoms with Crippen molar-refractivity contribution in [2.24, 2.45) is 0 Å².